The van der Waals surface area contributed by atoms with Crippen LogP contribution in [0.5, 0.6) is 0 Å². The monoisotopic (exact) mass is 397 g/mol. The summed E-state index contributed by atoms with van der Waals surface area (Å²) in [4.78, 5) is 45.1. The van der Waals surface area contributed by atoms with Crippen LogP contribution in [0, 0.1) is 5.92 Å². The second-order valence-corrected chi connectivity index (χ2v) is 6.62. The van der Waals surface area contributed by atoms with Crippen molar-refractivity contribution in [3.63, 3.8) is 0 Å². The molecule has 3 heterocycles. The van der Waals surface area contributed by atoms with Gasteiger partial charge in [0, 0.05) is 10.8 Å². The fourth-order valence-corrected chi connectivity index (χ4v) is 4.16. The molecule has 0 aliphatic carbocycles. The molecule has 3 atom stereocenters. The number of thioether (sulfide) groups is 1. The van der Waals surface area contributed by atoms with Crippen LogP contribution in [0.2, 0.25) is 0 Å². The largest absolute Gasteiger partial charge is 0.490 e. The molecule has 26 heavy (non-hydrogen) atoms. The van der Waals surface area contributed by atoms with E-state index in [9.17, 15) is 32.7 Å². The molecule has 0 aromatic carbocycles. The van der Waals surface area contributed by atoms with Gasteiger partial charge in [0.1, 0.15) is 11.7 Å². The van der Waals surface area contributed by atoms with Crippen LogP contribution >= 0.6 is 11.8 Å². The Kier molecular flexibility index (Phi) is 5.51. The summed E-state index contributed by atoms with van der Waals surface area (Å²) in [6.45, 7) is 0.680. The van der Waals surface area contributed by atoms with Crippen molar-refractivity contribution in [2.24, 2.45) is 11.7 Å². The zero-order chi connectivity index (χ0) is 19.8. The number of nitrogens with zero attached hydrogens (tertiary/aromatic N) is 1. The number of carbonyl (C=O) groups excluding carboxylic acids is 2. The predicted octanol–water partition coefficient (Wildman–Crippen LogP) is -0.663. The third kappa shape index (κ3) is 3.62. The molecule has 3 aliphatic rings. The van der Waals surface area contributed by atoms with E-state index in [1.807, 2.05) is 0 Å². The molecule has 144 valence electrons. The van der Waals surface area contributed by atoms with Gasteiger partial charge in [0.2, 0.25) is 11.8 Å². The van der Waals surface area contributed by atoms with Gasteiger partial charge in [0.25, 0.3) is 0 Å². The summed E-state index contributed by atoms with van der Waals surface area (Å²) in [5, 5.41) is 19.5. The smallest absolute Gasteiger partial charge is 0.477 e. The van der Waals surface area contributed by atoms with Crippen LogP contribution in [0.15, 0.2) is 10.6 Å². The maximum Gasteiger partial charge on any atom is 0.490 e. The Morgan fingerprint density at radius 3 is 2.35 bits per heavy atom. The van der Waals surface area contributed by atoms with Crippen molar-refractivity contribution in [3.8, 4) is 0 Å². The molecule has 0 radical (unpaired) electrons. The van der Waals surface area contributed by atoms with E-state index in [0.717, 1.165) is 18.2 Å². The molecule has 5 N–H and O–H groups in total. The van der Waals surface area contributed by atoms with E-state index < -0.39 is 24.0 Å². The van der Waals surface area contributed by atoms with Gasteiger partial charge < -0.3 is 21.3 Å². The number of carboxylic acid groups (broad SMARTS) is 2. The average molecular weight is 397 g/mol. The van der Waals surface area contributed by atoms with Crippen LogP contribution in [0.4, 0.5) is 13.2 Å². The number of aliphatic carboxylic acids is 2. The molecule has 13 heteroatoms. The molecule has 0 bridgehead atoms. The number of primary amides is 1. The fraction of sp³-hybridized carbons (Fsp3) is 0.538. The first-order valence-electron chi connectivity index (χ1n) is 7.22. The number of hydrogen-bond donors (Lipinski definition) is 4. The summed E-state index contributed by atoms with van der Waals surface area (Å²) >= 11 is 1.15. The quantitative estimate of drug-likeness (QED) is 0.457. The number of alkyl halides is 3. The minimum absolute atomic E-state index is 0.0133. The predicted molar refractivity (Wildman–Crippen MR) is 80.5 cm³/mol. The van der Waals surface area contributed by atoms with Gasteiger partial charge in [0.05, 0.1) is 11.8 Å². The van der Waals surface area contributed by atoms with Crippen molar-refractivity contribution in [2.75, 3.05) is 12.3 Å². The molecule has 2 amide bonds. The zero-order valence-electron chi connectivity index (χ0n) is 12.9. The van der Waals surface area contributed by atoms with Crippen LogP contribution in [0.25, 0.3) is 0 Å². The molecule has 2 saturated heterocycles. The number of nitrogens with one attached hydrogen (secondary N) is 1. The van der Waals surface area contributed by atoms with Gasteiger partial charge in [-0.25, -0.2) is 9.59 Å². The molecular formula is C13H14F3N3O6S. The Morgan fingerprint density at radius 1 is 1.31 bits per heavy atom. The number of hydrogen-bond acceptors (Lipinski definition) is 6. The maximum atomic E-state index is 11.9. The SMILES string of the molecule is NC(=O)CSC1=C(C(=O)O)N2C(=O)[C@H]3NCCC1[C@H]32.O=C(O)C(F)(F)F. The normalized spacial score (nSPS) is 26.5. The minimum Gasteiger partial charge on any atom is -0.477 e. The number of β-lactam (4-membered cyclic amide) rings is 1. The molecular weight excluding hydrogens is 383 g/mol. The molecule has 3 rings (SSSR count). The van der Waals surface area contributed by atoms with Crippen molar-refractivity contribution in [1.82, 2.24) is 10.2 Å². The highest BCUT2D eigenvalue weighted by Gasteiger charge is 2.61. The third-order valence-electron chi connectivity index (χ3n) is 4.00. The van der Waals surface area contributed by atoms with Gasteiger partial charge in [-0.3, -0.25) is 14.5 Å². The highest BCUT2D eigenvalue weighted by Crippen LogP contribution is 2.49. The number of carbonyl (C=O) groups is 4. The fourth-order valence-electron chi connectivity index (χ4n) is 3.07. The second-order valence-electron chi connectivity index (χ2n) is 5.60. The van der Waals surface area contributed by atoms with Gasteiger partial charge >= 0.3 is 18.1 Å². The lowest BCUT2D eigenvalue weighted by molar-refractivity contribution is -0.192. The van der Waals surface area contributed by atoms with Crippen LogP contribution in [0.1, 0.15) is 6.42 Å². The first kappa shape index (κ1) is 20.0. The maximum absolute atomic E-state index is 11.9. The molecule has 0 saturated carbocycles. The topological polar surface area (TPSA) is 150 Å². The van der Waals surface area contributed by atoms with E-state index in [0.29, 0.717) is 11.4 Å². The Hall–Kier alpha value is -2.28. The van der Waals surface area contributed by atoms with Crippen molar-refractivity contribution in [1.29, 1.82) is 0 Å². The molecule has 0 aromatic heterocycles. The number of halogens is 3. The second kappa shape index (κ2) is 7.15. The summed E-state index contributed by atoms with van der Waals surface area (Å²) in [6.07, 6.45) is -4.32. The van der Waals surface area contributed by atoms with Gasteiger partial charge in [-0.1, -0.05) is 0 Å². The average Bonchev–Trinajstić information content (AvgIpc) is 2.85. The zero-order valence-corrected chi connectivity index (χ0v) is 13.8. The summed E-state index contributed by atoms with van der Waals surface area (Å²) in [6, 6.07) is -0.387. The lowest BCUT2D eigenvalue weighted by Crippen LogP contribution is -2.71. The van der Waals surface area contributed by atoms with E-state index >= 15 is 0 Å². The Labute approximate surface area is 148 Å². The standard InChI is InChI=1S/C11H13N3O4S.C2HF3O2/c12-5(15)3-19-9-4-1-2-13-6-7(4)14(10(6)16)8(9)11(17)18;3-2(4,5)1(6)7/h4,6-7,13H,1-3H2,(H2,12,15)(H,17,18);(H,6,7)/t4?,6-,7+;/m0./s1. The van der Waals surface area contributed by atoms with E-state index in [4.69, 9.17) is 15.6 Å². The summed E-state index contributed by atoms with van der Waals surface area (Å²) in [7, 11) is 0. The molecule has 0 aromatic rings. The first-order valence-corrected chi connectivity index (χ1v) is 8.20. The van der Waals surface area contributed by atoms with Crippen LogP contribution < -0.4 is 11.1 Å². The number of rotatable bonds is 4. The van der Waals surface area contributed by atoms with Crippen molar-refractivity contribution >= 4 is 35.5 Å². The van der Waals surface area contributed by atoms with Gasteiger partial charge in [-0.05, 0) is 13.0 Å². The molecule has 2 fully saturated rings. The van der Waals surface area contributed by atoms with E-state index in [2.05, 4.69) is 5.32 Å². The highest BCUT2D eigenvalue weighted by atomic mass is 32.2. The van der Waals surface area contributed by atoms with Crippen LogP contribution in [-0.2, 0) is 19.2 Å². The van der Waals surface area contributed by atoms with Crippen molar-refractivity contribution in [2.45, 2.75) is 24.7 Å². The summed E-state index contributed by atoms with van der Waals surface area (Å²) in [5.74, 6) is -4.51. The van der Waals surface area contributed by atoms with Crippen molar-refractivity contribution in [3.05, 3.63) is 10.6 Å². The van der Waals surface area contributed by atoms with Gasteiger partial charge in [0.15, 0.2) is 0 Å². The molecule has 0 spiro atoms. The van der Waals surface area contributed by atoms with Gasteiger partial charge in [-0.15, -0.1) is 11.8 Å². The summed E-state index contributed by atoms with van der Waals surface area (Å²) < 4.78 is 31.7. The molecule has 3 aliphatic heterocycles. The molecule has 9 nitrogen and oxygen atoms in total. The lowest BCUT2D eigenvalue weighted by atomic mass is 9.82. The number of carboxylic acids is 2. The lowest BCUT2D eigenvalue weighted by Gasteiger charge is -2.48. The Balaban J connectivity index is 0.000000298. The van der Waals surface area contributed by atoms with E-state index in [-0.39, 0.29) is 35.4 Å². The van der Waals surface area contributed by atoms with E-state index in [1.54, 1.807) is 0 Å². The highest BCUT2D eigenvalue weighted by molar-refractivity contribution is 8.03. The van der Waals surface area contributed by atoms with Crippen molar-refractivity contribution < 1.29 is 42.6 Å². The number of amides is 2. The first-order chi connectivity index (χ1) is 12.0. The van der Waals surface area contributed by atoms with Crippen LogP contribution in [0.3, 0.4) is 0 Å². The summed E-state index contributed by atoms with van der Waals surface area (Å²) in [5.41, 5.74) is 5.14. The minimum atomic E-state index is -5.08. The number of nitrogens with two attached hydrogens (primary N) is 1. The Bertz CT molecular complexity index is 695. The van der Waals surface area contributed by atoms with Gasteiger partial charge in [-0.2, -0.15) is 13.2 Å². The Morgan fingerprint density at radius 2 is 1.88 bits per heavy atom. The number of piperidine rings is 1. The molecule has 1 unspecified atom stereocenters. The van der Waals surface area contributed by atoms with E-state index in [1.165, 1.54) is 4.90 Å². The van der Waals surface area contributed by atoms with Crippen LogP contribution in [-0.4, -0.2) is 69.4 Å². The third-order valence-corrected chi connectivity index (χ3v) is 5.24.